The third-order valence-electron chi connectivity index (χ3n) is 3.10. The van der Waals surface area contributed by atoms with Crippen LogP contribution in [0.5, 0.6) is 11.5 Å². The van der Waals surface area contributed by atoms with Crippen LogP contribution in [-0.4, -0.2) is 24.2 Å². The van der Waals surface area contributed by atoms with Gasteiger partial charge in [0.05, 0.1) is 25.3 Å². The van der Waals surface area contributed by atoms with Gasteiger partial charge in [0, 0.05) is 17.7 Å². The molecule has 5 heteroatoms. The lowest BCUT2D eigenvalue weighted by molar-refractivity contribution is 0.356. The molecule has 4 nitrogen and oxygen atoms in total. The molecule has 102 valence electrons. The Morgan fingerprint density at radius 1 is 1.00 bits per heavy atom. The maximum atomic E-state index is 12.9. The summed E-state index contributed by atoms with van der Waals surface area (Å²) in [4.78, 5) is 7.67. The number of nitrogens with zero attached hydrogens (tertiary/aromatic N) is 1. The minimum absolute atomic E-state index is 0.270. The number of ether oxygens (including phenoxy) is 2. The summed E-state index contributed by atoms with van der Waals surface area (Å²) in [6.45, 7) is 0. The number of H-pyrrole nitrogens is 1. The van der Waals surface area contributed by atoms with E-state index in [9.17, 15) is 4.39 Å². The van der Waals surface area contributed by atoms with Gasteiger partial charge in [0.15, 0.2) is 11.5 Å². The maximum absolute atomic E-state index is 12.9. The molecule has 0 radical (unpaired) electrons. The summed E-state index contributed by atoms with van der Waals surface area (Å²) in [5.74, 6) is 1.66. The predicted octanol–water partition coefficient (Wildman–Crippen LogP) is 3.39. The molecule has 1 aromatic heterocycles. The molecule has 0 saturated carbocycles. The van der Waals surface area contributed by atoms with Crippen LogP contribution in [0.2, 0.25) is 0 Å². The number of hydrogen-bond donors (Lipinski definition) is 1. The van der Waals surface area contributed by atoms with E-state index < -0.39 is 0 Å². The normalized spacial score (nSPS) is 10.8. The zero-order chi connectivity index (χ0) is 14.1. The summed E-state index contributed by atoms with van der Waals surface area (Å²) in [5, 5.41) is 0. The van der Waals surface area contributed by atoms with Gasteiger partial charge in [-0.2, -0.15) is 0 Å². The quantitative estimate of drug-likeness (QED) is 0.795. The van der Waals surface area contributed by atoms with Crippen LogP contribution in [0, 0.1) is 5.82 Å². The van der Waals surface area contributed by atoms with E-state index in [2.05, 4.69) is 9.97 Å². The Morgan fingerprint density at radius 3 is 2.30 bits per heavy atom. The van der Waals surface area contributed by atoms with Crippen molar-refractivity contribution in [2.75, 3.05) is 14.2 Å². The molecule has 0 aliphatic rings. The lowest BCUT2D eigenvalue weighted by atomic mass is 10.2. The van der Waals surface area contributed by atoms with Gasteiger partial charge in [-0.1, -0.05) is 0 Å². The second-order valence-electron chi connectivity index (χ2n) is 4.32. The molecule has 0 spiro atoms. The number of fused-ring (bicyclic) bond motifs is 1. The van der Waals surface area contributed by atoms with Gasteiger partial charge in [-0.15, -0.1) is 0 Å². The minimum atomic E-state index is -0.270. The first-order valence-corrected chi connectivity index (χ1v) is 6.09. The summed E-state index contributed by atoms with van der Waals surface area (Å²) < 4.78 is 23.4. The molecule has 0 amide bonds. The van der Waals surface area contributed by atoms with Crippen LogP contribution in [0.4, 0.5) is 4.39 Å². The molecular formula is C15H13FN2O2. The molecule has 1 N–H and O–H groups in total. The monoisotopic (exact) mass is 272 g/mol. The molecular weight excluding hydrogens is 259 g/mol. The Kier molecular flexibility index (Phi) is 3.02. The Hall–Kier alpha value is -2.56. The average Bonchev–Trinajstić information content (AvgIpc) is 2.89. The fourth-order valence-electron chi connectivity index (χ4n) is 2.08. The van der Waals surface area contributed by atoms with Crippen molar-refractivity contribution in [3.63, 3.8) is 0 Å². The molecule has 0 aliphatic carbocycles. The van der Waals surface area contributed by atoms with Gasteiger partial charge < -0.3 is 14.5 Å². The molecule has 3 rings (SSSR count). The smallest absolute Gasteiger partial charge is 0.163 e. The molecule has 1 heterocycles. The second-order valence-corrected chi connectivity index (χ2v) is 4.32. The lowest BCUT2D eigenvalue weighted by Gasteiger charge is -2.06. The summed E-state index contributed by atoms with van der Waals surface area (Å²) in [7, 11) is 3.16. The number of aromatic amines is 1. The topological polar surface area (TPSA) is 47.1 Å². The van der Waals surface area contributed by atoms with Gasteiger partial charge in [-0.25, -0.2) is 9.37 Å². The van der Waals surface area contributed by atoms with Crippen LogP contribution in [0.3, 0.4) is 0 Å². The second kappa shape index (κ2) is 4.85. The molecule has 0 bridgehead atoms. The number of nitrogens with one attached hydrogen (secondary N) is 1. The number of halogens is 1. The van der Waals surface area contributed by atoms with Crippen LogP contribution in [0.15, 0.2) is 36.4 Å². The van der Waals surface area contributed by atoms with Gasteiger partial charge in [0.25, 0.3) is 0 Å². The first-order chi connectivity index (χ1) is 9.71. The Bertz CT molecular complexity index is 709. The van der Waals surface area contributed by atoms with E-state index in [0.717, 1.165) is 16.6 Å². The van der Waals surface area contributed by atoms with E-state index in [0.29, 0.717) is 17.3 Å². The zero-order valence-electron chi connectivity index (χ0n) is 11.1. The number of imidazole rings is 1. The fourth-order valence-corrected chi connectivity index (χ4v) is 2.08. The maximum Gasteiger partial charge on any atom is 0.163 e. The van der Waals surface area contributed by atoms with Crippen LogP contribution < -0.4 is 9.47 Å². The van der Waals surface area contributed by atoms with Crippen molar-refractivity contribution in [2.24, 2.45) is 0 Å². The molecule has 0 fully saturated rings. The number of benzene rings is 2. The van der Waals surface area contributed by atoms with Crippen molar-refractivity contribution in [3.05, 3.63) is 42.2 Å². The van der Waals surface area contributed by atoms with Gasteiger partial charge in [0.2, 0.25) is 0 Å². The van der Waals surface area contributed by atoms with Gasteiger partial charge in [-0.3, -0.25) is 0 Å². The van der Waals surface area contributed by atoms with E-state index >= 15 is 0 Å². The van der Waals surface area contributed by atoms with E-state index in [1.54, 1.807) is 32.4 Å². The van der Waals surface area contributed by atoms with Crippen molar-refractivity contribution in [3.8, 4) is 22.9 Å². The SMILES string of the molecule is COc1cc2nc(-c3ccc(F)cc3)[nH]c2cc1OC. The third kappa shape index (κ3) is 2.07. The van der Waals surface area contributed by atoms with Crippen molar-refractivity contribution in [1.82, 2.24) is 9.97 Å². The summed E-state index contributed by atoms with van der Waals surface area (Å²) in [6.07, 6.45) is 0. The van der Waals surface area contributed by atoms with Crippen molar-refractivity contribution >= 4 is 11.0 Å². The molecule has 3 aromatic rings. The first kappa shape index (κ1) is 12.5. The zero-order valence-corrected chi connectivity index (χ0v) is 11.1. The Labute approximate surface area is 115 Å². The number of methoxy groups -OCH3 is 2. The summed E-state index contributed by atoms with van der Waals surface area (Å²) in [6, 6.07) is 9.81. The lowest BCUT2D eigenvalue weighted by Crippen LogP contribution is -1.89. The summed E-state index contributed by atoms with van der Waals surface area (Å²) in [5.41, 5.74) is 2.42. The van der Waals surface area contributed by atoms with E-state index in [1.165, 1.54) is 12.1 Å². The molecule has 0 unspecified atom stereocenters. The number of rotatable bonds is 3. The Balaban J connectivity index is 2.12. The van der Waals surface area contributed by atoms with Crippen molar-refractivity contribution in [1.29, 1.82) is 0 Å². The molecule has 2 aromatic carbocycles. The van der Waals surface area contributed by atoms with E-state index in [-0.39, 0.29) is 5.82 Å². The van der Waals surface area contributed by atoms with Crippen LogP contribution in [-0.2, 0) is 0 Å². The van der Waals surface area contributed by atoms with Gasteiger partial charge in [0.1, 0.15) is 11.6 Å². The van der Waals surface area contributed by atoms with Crippen LogP contribution >= 0.6 is 0 Å². The number of hydrogen-bond acceptors (Lipinski definition) is 3. The Morgan fingerprint density at radius 2 is 1.65 bits per heavy atom. The highest BCUT2D eigenvalue weighted by atomic mass is 19.1. The highest BCUT2D eigenvalue weighted by molar-refractivity contribution is 5.83. The van der Waals surface area contributed by atoms with Crippen LogP contribution in [0.1, 0.15) is 0 Å². The predicted molar refractivity (Wildman–Crippen MR) is 74.6 cm³/mol. The highest BCUT2D eigenvalue weighted by Crippen LogP contribution is 2.32. The summed E-state index contributed by atoms with van der Waals surface area (Å²) >= 11 is 0. The highest BCUT2D eigenvalue weighted by Gasteiger charge is 2.10. The van der Waals surface area contributed by atoms with Crippen molar-refractivity contribution in [2.45, 2.75) is 0 Å². The standard InChI is InChI=1S/C15H13FN2O2/c1-19-13-7-11-12(8-14(13)20-2)18-15(17-11)9-3-5-10(16)6-4-9/h3-8H,1-2H3,(H,17,18). The molecule has 0 aliphatic heterocycles. The molecule has 20 heavy (non-hydrogen) atoms. The average molecular weight is 272 g/mol. The fraction of sp³-hybridized carbons (Fsp3) is 0.133. The first-order valence-electron chi connectivity index (χ1n) is 6.09. The molecule has 0 atom stereocenters. The largest absolute Gasteiger partial charge is 0.493 e. The number of aromatic nitrogens is 2. The van der Waals surface area contributed by atoms with E-state index in [1.807, 2.05) is 6.07 Å². The van der Waals surface area contributed by atoms with Crippen LogP contribution in [0.25, 0.3) is 22.4 Å². The van der Waals surface area contributed by atoms with Gasteiger partial charge >= 0.3 is 0 Å². The third-order valence-corrected chi connectivity index (χ3v) is 3.10. The molecule has 0 saturated heterocycles. The van der Waals surface area contributed by atoms with Gasteiger partial charge in [-0.05, 0) is 24.3 Å². The van der Waals surface area contributed by atoms with E-state index in [4.69, 9.17) is 9.47 Å². The van der Waals surface area contributed by atoms with Crippen molar-refractivity contribution < 1.29 is 13.9 Å². The minimum Gasteiger partial charge on any atom is -0.493 e.